The fraction of sp³-hybridized carbons (Fsp3) is 0.192. The maximum absolute atomic E-state index is 6.12. The van der Waals surface area contributed by atoms with Gasteiger partial charge in [0.1, 0.15) is 29.6 Å². The molecule has 3 aromatic carbocycles. The summed E-state index contributed by atoms with van der Waals surface area (Å²) in [4.78, 5) is 4.41. The number of methoxy groups -OCH3 is 3. The standard InChI is InChI=1S/C26H26N2O5/c1-29-19-8-10-20(11-9-19)32-15-14-27-18-4-6-21(7-5-18)33-24-12-13-28-23-17-26(31-3)25(30-2)16-22(23)24/h4-13,16-17,27H,14-15H2,1-3H3. The van der Waals surface area contributed by atoms with Crippen LogP contribution in [-0.2, 0) is 0 Å². The van der Waals surface area contributed by atoms with Crippen molar-refractivity contribution >= 4 is 16.6 Å². The van der Waals surface area contributed by atoms with E-state index in [4.69, 9.17) is 23.7 Å². The lowest BCUT2D eigenvalue weighted by Gasteiger charge is -2.13. The minimum absolute atomic E-state index is 0.541. The fourth-order valence-corrected chi connectivity index (χ4v) is 3.34. The lowest BCUT2D eigenvalue weighted by atomic mass is 10.2. The van der Waals surface area contributed by atoms with Gasteiger partial charge in [-0.2, -0.15) is 0 Å². The van der Waals surface area contributed by atoms with E-state index in [1.807, 2.05) is 66.7 Å². The molecule has 170 valence electrons. The van der Waals surface area contributed by atoms with Crippen LogP contribution < -0.4 is 29.0 Å². The smallest absolute Gasteiger partial charge is 0.162 e. The van der Waals surface area contributed by atoms with Gasteiger partial charge in [-0.05, 0) is 60.7 Å². The number of hydrogen-bond donors (Lipinski definition) is 1. The Hall–Kier alpha value is -4.13. The van der Waals surface area contributed by atoms with Gasteiger partial charge in [0.05, 0.1) is 26.8 Å². The Kier molecular flexibility index (Phi) is 6.99. The van der Waals surface area contributed by atoms with Crippen molar-refractivity contribution in [2.24, 2.45) is 0 Å². The average molecular weight is 447 g/mol. The molecule has 0 bridgehead atoms. The summed E-state index contributed by atoms with van der Waals surface area (Å²) in [6, 6.07) is 20.8. The van der Waals surface area contributed by atoms with Gasteiger partial charge in [0.25, 0.3) is 0 Å². The van der Waals surface area contributed by atoms with Gasteiger partial charge in [-0.25, -0.2) is 0 Å². The molecule has 1 N–H and O–H groups in total. The molecule has 1 aromatic heterocycles. The van der Waals surface area contributed by atoms with E-state index >= 15 is 0 Å². The molecule has 7 nitrogen and oxygen atoms in total. The lowest BCUT2D eigenvalue weighted by molar-refractivity contribution is 0.332. The molecule has 0 saturated heterocycles. The second-order valence-corrected chi connectivity index (χ2v) is 7.11. The number of nitrogens with one attached hydrogen (secondary N) is 1. The molecular weight excluding hydrogens is 420 g/mol. The van der Waals surface area contributed by atoms with Crippen LogP contribution in [-0.4, -0.2) is 39.5 Å². The second kappa shape index (κ2) is 10.5. The van der Waals surface area contributed by atoms with Gasteiger partial charge in [0, 0.05) is 29.9 Å². The first-order chi connectivity index (χ1) is 16.2. The van der Waals surface area contributed by atoms with Crippen LogP contribution in [0.3, 0.4) is 0 Å². The Morgan fingerprint density at radius 2 is 1.36 bits per heavy atom. The first-order valence-corrected chi connectivity index (χ1v) is 10.5. The number of benzene rings is 3. The van der Waals surface area contributed by atoms with Crippen molar-refractivity contribution in [2.45, 2.75) is 0 Å². The second-order valence-electron chi connectivity index (χ2n) is 7.11. The third-order valence-corrected chi connectivity index (χ3v) is 5.05. The highest BCUT2D eigenvalue weighted by molar-refractivity contribution is 5.88. The third kappa shape index (κ3) is 5.38. The highest BCUT2D eigenvalue weighted by Gasteiger charge is 2.11. The molecule has 4 rings (SSSR count). The van der Waals surface area contributed by atoms with Crippen LogP contribution in [0.15, 0.2) is 72.9 Å². The largest absolute Gasteiger partial charge is 0.497 e. The maximum Gasteiger partial charge on any atom is 0.162 e. The first-order valence-electron chi connectivity index (χ1n) is 10.5. The number of fused-ring (bicyclic) bond motifs is 1. The number of aromatic nitrogens is 1. The van der Waals surface area contributed by atoms with Crippen molar-refractivity contribution in [3.8, 4) is 34.5 Å². The zero-order valence-electron chi connectivity index (χ0n) is 18.8. The Bertz CT molecular complexity index is 1190. The molecule has 7 heteroatoms. The van der Waals surface area contributed by atoms with Crippen LogP contribution in [0.5, 0.6) is 34.5 Å². The van der Waals surface area contributed by atoms with E-state index in [2.05, 4.69) is 10.3 Å². The Balaban J connectivity index is 1.36. The molecule has 0 amide bonds. The van der Waals surface area contributed by atoms with E-state index in [0.29, 0.717) is 30.4 Å². The van der Waals surface area contributed by atoms with E-state index in [1.54, 1.807) is 27.5 Å². The third-order valence-electron chi connectivity index (χ3n) is 5.05. The van der Waals surface area contributed by atoms with Crippen LogP contribution in [0, 0.1) is 0 Å². The zero-order valence-corrected chi connectivity index (χ0v) is 18.8. The normalized spacial score (nSPS) is 10.5. The first kappa shape index (κ1) is 22.1. The molecule has 0 radical (unpaired) electrons. The summed E-state index contributed by atoms with van der Waals surface area (Å²) >= 11 is 0. The minimum Gasteiger partial charge on any atom is -0.497 e. The number of hydrogen-bond acceptors (Lipinski definition) is 7. The molecule has 1 heterocycles. The van der Waals surface area contributed by atoms with Crippen molar-refractivity contribution < 1.29 is 23.7 Å². The Morgan fingerprint density at radius 3 is 2.06 bits per heavy atom. The summed E-state index contributed by atoms with van der Waals surface area (Å²) in [5, 5.41) is 4.18. The van der Waals surface area contributed by atoms with Crippen LogP contribution in [0.4, 0.5) is 5.69 Å². The van der Waals surface area contributed by atoms with E-state index in [1.165, 1.54) is 0 Å². The van der Waals surface area contributed by atoms with Crippen molar-refractivity contribution in [3.05, 3.63) is 72.9 Å². The summed E-state index contributed by atoms with van der Waals surface area (Å²) in [6.07, 6.45) is 1.71. The van der Waals surface area contributed by atoms with E-state index in [9.17, 15) is 0 Å². The average Bonchev–Trinajstić information content (AvgIpc) is 2.87. The van der Waals surface area contributed by atoms with Gasteiger partial charge in [0.15, 0.2) is 11.5 Å². The van der Waals surface area contributed by atoms with Gasteiger partial charge in [0.2, 0.25) is 0 Å². The van der Waals surface area contributed by atoms with Gasteiger partial charge >= 0.3 is 0 Å². The van der Waals surface area contributed by atoms with Crippen LogP contribution in [0.1, 0.15) is 0 Å². The monoisotopic (exact) mass is 446 g/mol. The molecule has 0 aliphatic rings. The molecular formula is C26H26N2O5. The predicted octanol–water partition coefficient (Wildman–Crippen LogP) is 5.54. The molecule has 0 aliphatic carbocycles. The van der Waals surface area contributed by atoms with Crippen molar-refractivity contribution in [3.63, 3.8) is 0 Å². The van der Waals surface area contributed by atoms with Crippen LogP contribution in [0.2, 0.25) is 0 Å². The molecule has 4 aromatic rings. The van der Waals surface area contributed by atoms with E-state index in [-0.39, 0.29) is 0 Å². The predicted molar refractivity (Wildman–Crippen MR) is 128 cm³/mol. The number of anilines is 1. The molecule has 0 atom stereocenters. The number of nitrogens with zero attached hydrogens (tertiary/aromatic N) is 1. The topological polar surface area (TPSA) is 71.1 Å². The summed E-state index contributed by atoms with van der Waals surface area (Å²) in [6.45, 7) is 1.21. The van der Waals surface area contributed by atoms with Gasteiger partial charge in [-0.1, -0.05) is 0 Å². The van der Waals surface area contributed by atoms with Gasteiger partial charge in [-0.15, -0.1) is 0 Å². The molecule has 33 heavy (non-hydrogen) atoms. The molecule has 0 fully saturated rings. The molecule has 0 spiro atoms. The summed E-state index contributed by atoms with van der Waals surface area (Å²) in [5.74, 6) is 4.27. The maximum atomic E-state index is 6.12. The summed E-state index contributed by atoms with van der Waals surface area (Å²) in [7, 11) is 4.85. The minimum atomic E-state index is 0.541. The van der Waals surface area contributed by atoms with Crippen LogP contribution >= 0.6 is 0 Å². The Labute approximate surface area is 192 Å². The van der Waals surface area contributed by atoms with Crippen molar-refractivity contribution in [1.82, 2.24) is 4.98 Å². The number of ether oxygens (including phenoxy) is 5. The quantitative estimate of drug-likeness (QED) is 0.321. The summed E-state index contributed by atoms with van der Waals surface area (Å²) < 4.78 is 27.8. The highest BCUT2D eigenvalue weighted by atomic mass is 16.5. The number of pyridine rings is 1. The number of rotatable bonds is 10. The fourth-order valence-electron chi connectivity index (χ4n) is 3.34. The molecule has 0 aliphatic heterocycles. The molecule has 0 unspecified atom stereocenters. The zero-order chi connectivity index (χ0) is 23.0. The highest BCUT2D eigenvalue weighted by Crippen LogP contribution is 2.37. The van der Waals surface area contributed by atoms with E-state index < -0.39 is 0 Å². The van der Waals surface area contributed by atoms with Crippen LogP contribution in [0.25, 0.3) is 10.9 Å². The lowest BCUT2D eigenvalue weighted by Crippen LogP contribution is -2.11. The van der Waals surface area contributed by atoms with Gasteiger partial charge in [-0.3, -0.25) is 4.98 Å². The Morgan fingerprint density at radius 1 is 0.697 bits per heavy atom. The molecule has 0 saturated carbocycles. The SMILES string of the molecule is COc1ccc(OCCNc2ccc(Oc3ccnc4cc(OC)c(OC)cc34)cc2)cc1. The van der Waals surface area contributed by atoms with Crippen molar-refractivity contribution in [1.29, 1.82) is 0 Å². The van der Waals surface area contributed by atoms with Gasteiger partial charge < -0.3 is 29.0 Å². The summed E-state index contributed by atoms with van der Waals surface area (Å²) in [5.41, 5.74) is 1.74. The van der Waals surface area contributed by atoms with E-state index in [0.717, 1.165) is 33.8 Å². The van der Waals surface area contributed by atoms with Crippen molar-refractivity contribution in [2.75, 3.05) is 39.8 Å².